The summed E-state index contributed by atoms with van der Waals surface area (Å²) in [7, 11) is 0. The van der Waals surface area contributed by atoms with E-state index in [2.05, 4.69) is 17.2 Å². The number of ether oxygens (including phenoxy) is 1. The van der Waals surface area contributed by atoms with E-state index in [1.54, 1.807) is 31.7 Å². The monoisotopic (exact) mass is 533 g/mol. The molecule has 3 atom stereocenters. The fourth-order valence-corrected chi connectivity index (χ4v) is 4.67. The van der Waals surface area contributed by atoms with Crippen molar-refractivity contribution in [3.05, 3.63) is 71.8 Å². The highest BCUT2D eigenvalue weighted by Gasteiger charge is 2.43. The standard InChI is InChI=1S/C32H43N3O4/c1-8-21(3)27(34-31(38)39-32(5,6)7)30(37)35(25-17-13-18-25)28(24-16-12-15-23(9-2)20-24)29(36)33-26-19-11-10-14-22(26)4/h9-12,14-16,19-21,25,27-28H,2,8,13,17-18H2,1,3-7H3,(H,33,36)(H,34,38). The molecule has 2 N–H and O–H groups in total. The van der Waals surface area contributed by atoms with E-state index in [4.69, 9.17) is 4.74 Å². The van der Waals surface area contributed by atoms with Crippen molar-refractivity contribution in [3.8, 4) is 0 Å². The lowest BCUT2D eigenvalue weighted by Gasteiger charge is -2.44. The van der Waals surface area contributed by atoms with E-state index in [0.29, 0.717) is 17.7 Å². The number of hydrogen-bond donors (Lipinski definition) is 2. The third kappa shape index (κ3) is 7.71. The van der Waals surface area contributed by atoms with Crippen LogP contribution in [0.3, 0.4) is 0 Å². The van der Waals surface area contributed by atoms with Gasteiger partial charge in [0.1, 0.15) is 17.7 Å². The molecule has 3 unspecified atom stereocenters. The fourth-order valence-electron chi connectivity index (χ4n) is 4.67. The minimum absolute atomic E-state index is 0.121. The Morgan fingerprint density at radius 2 is 1.82 bits per heavy atom. The van der Waals surface area contributed by atoms with Crippen molar-refractivity contribution in [2.45, 2.75) is 91.0 Å². The molecule has 1 saturated carbocycles. The van der Waals surface area contributed by atoms with Crippen LogP contribution in [-0.4, -0.2) is 40.5 Å². The van der Waals surface area contributed by atoms with Gasteiger partial charge >= 0.3 is 6.09 Å². The Bertz CT molecular complexity index is 1180. The van der Waals surface area contributed by atoms with Crippen molar-refractivity contribution in [1.82, 2.24) is 10.2 Å². The van der Waals surface area contributed by atoms with Crippen LogP contribution < -0.4 is 10.6 Å². The van der Waals surface area contributed by atoms with Crippen molar-refractivity contribution < 1.29 is 19.1 Å². The number of hydrogen-bond acceptors (Lipinski definition) is 4. The number of para-hydroxylation sites is 1. The summed E-state index contributed by atoms with van der Waals surface area (Å²) in [5.41, 5.74) is 2.46. The molecule has 1 aliphatic carbocycles. The van der Waals surface area contributed by atoms with Crippen LogP contribution >= 0.6 is 0 Å². The predicted octanol–water partition coefficient (Wildman–Crippen LogP) is 6.64. The number of benzene rings is 2. The second-order valence-corrected chi connectivity index (χ2v) is 11.4. The predicted molar refractivity (Wildman–Crippen MR) is 156 cm³/mol. The number of anilines is 1. The summed E-state index contributed by atoms with van der Waals surface area (Å²) in [6.07, 6.45) is 4.30. The third-order valence-electron chi connectivity index (χ3n) is 7.27. The molecular weight excluding hydrogens is 490 g/mol. The van der Waals surface area contributed by atoms with Crippen LogP contribution in [0.2, 0.25) is 0 Å². The normalized spacial score (nSPS) is 15.7. The molecule has 1 fully saturated rings. The van der Waals surface area contributed by atoms with Crippen molar-refractivity contribution >= 4 is 29.7 Å². The van der Waals surface area contributed by atoms with Crippen LogP contribution in [0.25, 0.3) is 6.08 Å². The highest BCUT2D eigenvalue weighted by Crippen LogP contribution is 2.35. The molecule has 0 radical (unpaired) electrons. The summed E-state index contributed by atoms with van der Waals surface area (Å²) in [4.78, 5) is 43.0. The van der Waals surface area contributed by atoms with Gasteiger partial charge in [0.15, 0.2) is 0 Å². The van der Waals surface area contributed by atoms with Gasteiger partial charge in [-0.3, -0.25) is 9.59 Å². The summed E-state index contributed by atoms with van der Waals surface area (Å²) in [5.74, 6) is -0.757. The van der Waals surface area contributed by atoms with Gasteiger partial charge in [-0.25, -0.2) is 4.79 Å². The van der Waals surface area contributed by atoms with Gasteiger partial charge in [0, 0.05) is 11.7 Å². The fraction of sp³-hybridized carbons (Fsp3) is 0.469. The minimum atomic E-state index is -0.894. The first-order chi connectivity index (χ1) is 18.4. The maximum atomic E-state index is 14.4. The molecule has 1 aliphatic rings. The molecule has 0 spiro atoms. The molecule has 0 heterocycles. The lowest BCUT2D eigenvalue weighted by molar-refractivity contribution is -0.147. The summed E-state index contributed by atoms with van der Waals surface area (Å²) in [5, 5.41) is 5.90. The van der Waals surface area contributed by atoms with Crippen molar-refractivity contribution in [2.24, 2.45) is 5.92 Å². The highest BCUT2D eigenvalue weighted by atomic mass is 16.6. The Morgan fingerprint density at radius 1 is 1.13 bits per heavy atom. The van der Waals surface area contributed by atoms with E-state index in [1.165, 1.54) is 0 Å². The van der Waals surface area contributed by atoms with E-state index in [-0.39, 0.29) is 23.8 Å². The zero-order valence-corrected chi connectivity index (χ0v) is 24.1. The van der Waals surface area contributed by atoms with E-state index in [1.807, 2.05) is 69.3 Å². The van der Waals surface area contributed by atoms with Gasteiger partial charge in [-0.15, -0.1) is 0 Å². The Balaban J connectivity index is 2.07. The van der Waals surface area contributed by atoms with Gasteiger partial charge in [0.05, 0.1) is 0 Å². The molecule has 2 aromatic carbocycles. The molecule has 0 bridgehead atoms. The molecule has 7 heteroatoms. The van der Waals surface area contributed by atoms with Gasteiger partial charge < -0.3 is 20.3 Å². The Labute approximate surface area is 233 Å². The van der Waals surface area contributed by atoms with E-state index < -0.39 is 23.8 Å². The molecule has 0 saturated heterocycles. The number of carbonyl (C=O) groups is 3. The molecule has 3 amide bonds. The smallest absolute Gasteiger partial charge is 0.408 e. The van der Waals surface area contributed by atoms with E-state index >= 15 is 0 Å². The molecule has 0 aromatic heterocycles. The second-order valence-electron chi connectivity index (χ2n) is 11.4. The average molecular weight is 534 g/mol. The Morgan fingerprint density at radius 3 is 2.38 bits per heavy atom. The van der Waals surface area contributed by atoms with Crippen molar-refractivity contribution in [3.63, 3.8) is 0 Å². The molecule has 3 rings (SSSR count). The zero-order chi connectivity index (χ0) is 28.7. The van der Waals surface area contributed by atoms with E-state index in [0.717, 1.165) is 30.4 Å². The highest BCUT2D eigenvalue weighted by molar-refractivity contribution is 5.99. The first-order valence-corrected chi connectivity index (χ1v) is 13.9. The SMILES string of the molecule is C=Cc1cccc(C(C(=O)Nc2ccccc2C)N(C(=O)C(NC(=O)OC(C)(C)C)C(C)CC)C2CCC2)c1. The lowest BCUT2D eigenvalue weighted by Crippen LogP contribution is -2.58. The zero-order valence-electron chi connectivity index (χ0n) is 24.1. The quantitative estimate of drug-likeness (QED) is 0.358. The summed E-state index contributed by atoms with van der Waals surface area (Å²) in [6.45, 7) is 15.1. The summed E-state index contributed by atoms with van der Waals surface area (Å²) >= 11 is 0. The number of alkyl carbamates (subject to hydrolysis) is 1. The number of carbonyl (C=O) groups excluding carboxylic acids is 3. The van der Waals surface area contributed by atoms with Crippen LogP contribution in [0.4, 0.5) is 10.5 Å². The Hall–Kier alpha value is -3.61. The molecule has 210 valence electrons. The maximum absolute atomic E-state index is 14.4. The molecule has 7 nitrogen and oxygen atoms in total. The van der Waals surface area contributed by atoms with Crippen LogP contribution in [0.1, 0.15) is 83.0 Å². The van der Waals surface area contributed by atoms with Gasteiger partial charge in [-0.05, 0) is 81.7 Å². The van der Waals surface area contributed by atoms with Crippen LogP contribution in [0.15, 0.2) is 55.1 Å². The van der Waals surface area contributed by atoms with Gasteiger partial charge in [0.2, 0.25) is 5.91 Å². The van der Waals surface area contributed by atoms with E-state index in [9.17, 15) is 14.4 Å². The third-order valence-corrected chi connectivity index (χ3v) is 7.27. The molecule has 39 heavy (non-hydrogen) atoms. The van der Waals surface area contributed by atoms with Crippen LogP contribution in [-0.2, 0) is 14.3 Å². The minimum Gasteiger partial charge on any atom is -0.444 e. The first-order valence-electron chi connectivity index (χ1n) is 13.9. The van der Waals surface area contributed by atoms with Crippen LogP contribution in [0, 0.1) is 12.8 Å². The number of nitrogens with zero attached hydrogens (tertiary/aromatic N) is 1. The molecule has 2 aromatic rings. The van der Waals surface area contributed by atoms with Gasteiger partial charge in [-0.1, -0.05) is 69.3 Å². The van der Waals surface area contributed by atoms with Gasteiger partial charge in [-0.2, -0.15) is 0 Å². The summed E-state index contributed by atoms with van der Waals surface area (Å²) < 4.78 is 5.50. The van der Waals surface area contributed by atoms with Crippen molar-refractivity contribution in [2.75, 3.05) is 5.32 Å². The summed E-state index contributed by atoms with van der Waals surface area (Å²) in [6, 6.07) is 13.3. The Kier molecular flexibility index (Phi) is 9.95. The maximum Gasteiger partial charge on any atom is 0.408 e. The van der Waals surface area contributed by atoms with Gasteiger partial charge in [0.25, 0.3) is 5.91 Å². The first kappa shape index (κ1) is 29.9. The molecular formula is C32H43N3O4. The number of aryl methyl sites for hydroxylation is 1. The largest absolute Gasteiger partial charge is 0.444 e. The number of nitrogens with one attached hydrogen (secondary N) is 2. The average Bonchev–Trinajstić information content (AvgIpc) is 2.85. The topological polar surface area (TPSA) is 87.7 Å². The number of rotatable bonds is 10. The lowest BCUT2D eigenvalue weighted by atomic mass is 9.86. The molecule has 0 aliphatic heterocycles. The number of amides is 3. The second kappa shape index (κ2) is 13.0. The van der Waals surface area contributed by atoms with Crippen LogP contribution in [0.5, 0.6) is 0 Å². The van der Waals surface area contributed by atoms with Crippen molar-refractivity contribution in [1.29, 1.82) is 0 Å².